The molecule has 1 aromatic carbocycles. The maximum absolute atomic E-state index is 12.9. The predicted octanol–water partition coefficient (Wildman–Crippen LogP) is 2.00. The zero-order chi connectivity index (χ0) is 19.3. The summed E-state index contributed by atoms with van der Waals surface area (Å²) in [4.78, 5) is 50.9. The highest BCUT2D eigenvalue weighted by Crippen LogP contribution is 2.24. The van der Waals surface area contributed by atoms with Crippen molar-refractivity contribution in [3.8, 4) is 0 Å². The van der Waals surface area contributed by atoms with E-state index in [1.807, 2.05) is 13.8 Å². The SMILES string of the molecule is COC(=O)CCN(CC(C)C)C(=O)c1cccc(N2C(=O)CCC2=O)c1. The van der Waals surface area contributed by atoms with Gasteiger partial charge in [-0.25, -0.2) is 0 Å². The van der Waals surface area contributed by atoms with Crippen molar-refractivity contribution in [3.05, 3.63) is 29.8 Å². The van der Waals surface area contributed by atoms with Crippen LogP contribution in [-0.2, 0) is 19.1 Å². The molecule has 0 aromatic heterocycles. The Bertz CT molecular complexity index is 698. The number of imide groups is 1. The molecule has 1 aromatic rings. The third-order valence-corrected chi connectivity index (χ3v) is 4.09. The second-order valence-corrected chi connectivity index (χ2v) is 6.64. The molecule has 26 heavy (non-hydrogen) atoms. The number of methoxy groups -OCH3 is 1. The van der Waals surface area contributed by atoms with Gasteiger partial charge in [0.2, 0.25) is 11.8 Å². The topological polar surface area (TPSA) is 84.0 Å². The van der Waals surface area contributed by atoms with Gasteiger partial charge in [-0.2, -0.15) is 0 Å². The molecule has 7 heteroatoms. The lowest BCUT2D eigenvalue weighted by Crippen LogP contribution is -2.36. The van der Waals surface area contributed by atoms with Crippen LogP contribution in [0, 0.1) is 5.92 Å². The molecule has 0 N–H and O–H groups in total. The largest absolute Gasteiger partial charge is 0.469 e. The van der Waals surface area contributed by atoms with Crippen molar-refractivity contribution >= 4 is 29.4 Å². The van der Waals surface area contributed by atoms with Gasteiger partial charge in [-0.3, -0.25) is 24.1 Å². The number of anilines is 1. The van der Waals surface area contributed by atoms with Gasteiger partial charge in [0.05, 0.1) is 19.2 Å². The standard InChI is InChI=1S/C19H24N2O5/c1-13(2)12-20(10-9-18(24)26-3)19(25)14-5-4-6-15(11-14)21-16(22)7-8-17(21)23/h4-6,11,13H,7-10,12H2,1-3H3. The van der Waals surface area contributed by atoms with E-state index in [9.17, 15) is 19.2 Å². The zero-order valence-corrected chi connectivity index (χ0v) is 15.4. The van der Waals surface area contributed by atoms with Gasteiger partial charge in [-0.05, 0) is 24.1 Å². The van der Waals surface area contributed by atoms with Crippen LogP contribution in [0.5, 0.6) is 0 Å². The number of benzene rings is 1. The Morgan fingerprint density at radius 2 is 1.85 bits per heavy atom. The van der Waals surface area contributed by atoms with E-state index in [4.69, 9.17) is 0 Å². The second kappa shape index (κ2) is 8.60. The summed E-state index contributed by atoms with van der Waals surface area (Å²) >= 11 is 0. The Labute approximate surface area is 152 Å². The van der Waals surface area contributed by atoms with Gasteiger partial charge in [0.15, 0.2) is 0 Å². The van der Waals surface area contributed by atoms with Crippen LogP contribution in [0.15, 0.2) is 24.3 Å². The van der Waals surface area contributed by atoms with Crippen molar-refractivity contribution in [3.63, 3.8) is 0 Å². The van der Waals surface area contributed by atoms with E-state index in [1.165, 1.54) is 7.11 Å². The number of hydrogen-bond donors (Lipinski definition) is 0. The Morgan fingerprint density at radius 1 is 1.19 bits per heavy atom. The summed E-state index contributed by atoms with van der Waals surface area (Å²) in [6.45, 7) is 4.70. The Morgan fingerprint density at radius 3 is 2.42 bits per heavy atom. The zero-order valence-electron chi connectivity index (χ0n) is 15.4. The molecule has 0 unspecified atom stereocenters. The van der Waals surface area contributed by atoms with Gasteiger partial charge in [0.25, 0.3) is 5.91 Å². The van der Waals surface area contributed by atoms with Crippen LogP contribution in [0.4, 0.5) is 5.69 Å². The fraction of sp³-hybridized carbons (Fsp3) is 0.474. The summed E-state index contributed by atoms with van der Waals surface area (Å²) in [6, 6.07) is 6.48. The molecule has 2 rings (SSSR count). The lowest BCUT2D eigenvalue weighted by atomic mass is 10.1. The molecule has 1 aliphatic rings. The van der Waals surface area contributed by atoms with E-state index in [0.717, 1.165) is 4.90 Å². The Hall–Kier alpha value is -2.70. The molecule has 3 amide bonds. The van der Waals surface area contributed by atoms with E-state index in [0.29, 0.717) is 17.8 Å². The van der Waals surface area contributed by atoms with Gasteiger partial charge in [-0.1, -0.05) is 19.9 Å². The molecule has 0 radical (unpaired) electrons. The fourth-order valence-corrected chi connectivity index (χ4v) is 2.87. The molecule has 0 saturated carbocycles. The lowest BCUT2D eigenvalue weighted by Gasteiger charge is -2.25. The summed E-state index contributed by atoms with van der Waals surface area (Å²) in [5.74, 6) is -0.924. The van der Waals surface area contributed by atoms with E-state index < -0.39 is 0 Å². The molecule has 7 nitrogen and oxygen atoms in total. The highest BCUT2D eigenvalue weighted by molar-refractivity contribution is 6.20. The first-order valence-corrected chi connectivity index (χ1v) is 8.65. The highest BCUT2D eigenvalue weighted by Gasteiger charge is 2.30. The molecule has 1 fully saturated rings. The minimum Gasteiger partial charge on any atom is -0.469 e. The smallest absolute Gasteiger partial charge is 0.307 e. The summed E-state index contributed by atoms with van der Waals surface area (Å²) in [7, 11) is 1.31. The van der Waals surface area contributed by atoms with E-state index >= 15 is 0 Å². The monoisotopic (exact) mass is 360 g/mol. The van der Waals surface area contributed by atoms with Crippen LogP contribution in [-0.4, -0.2) is 48.8 Å². The maximum atomic E-state index is 12.9. The van der Waals surface area contributed by atoms with Crippen molar-refractivity contribution in [1.82, 2.24) is 4.90 Å². The molecule has 0 aliphatic carbocycles. The number of rotatable bonds is 7. The van der Waals surface area contributed by atoms with Crippen LogP contribution in [0.25, 0.3) is 0 Å². The van der Waals surface area contributed by atoms with Crippen LogP contribution in [0.1, 0.15) is 43.5 Å². The van der Waals surface area contributed by atoms with Crippen LogP contribution in [0.2, 0.25) is 0 Å². The molecule has 1 aliphatic heterocycles. The summed E-state index contributed by atoms with van der Waals surface area (Å²) in [5, 5.41) is 0. The number of carbonyl (C=O) groups is 4. The molecular formula is C19H24N2O5. The number of nitrogens with zero attached hydrogens (tertiary/aromatic N) is 2. The third kappa shape index (κ3) is 4.68. The quantitative estimate of drug-likeness (QED) is 0.548. The molecular weight excluding hydrogens is 336 g/mol. The molecule has 0 bridgehead atoms. The predicted molar refractivity (Wildman–Crippen MR) is 95.5 cm³/mol. The number of esters is 1. The minimum absolute atomic E-state index is 0.109. The number of hydrogen-bond acceptors (Lipinski definition) is 5. The van der Waals surface area contributed by atoms with E-state index in [-0.39, 0.29) is 55.4 Å². The van der Waals surface area contributed by atoms with Crippen molar-refractivity contribution in [2.45, 2.75) is 33.1 Å². The van der Waals surface area contributed by atoms with Crippen LogP contribution >= 0.6 is 0 Å². The fourth-order valence-electron chi connectivity index (χ4n) is 2.87. The van der Waals surface area contributed by atoms with Crippen molar-refractivity contribution in [2.24, 2.45) is 5.92 Å². The first kappa shape index (κ1) is 19.6. The minimum atomic E-state index is -0.381. The summed E-state index contributed by atoms with van der Waals surface area (Å²) in [5.41, 5.74) is 0.779. The molecule has 1 heterocycles. The molecule has 1 saturated heterocycles. The normalized spacial score (nSPS) is 14.1. The average Bonchev–Trinajstić information content (AvgIpc) is 2.95. The number of carbonyl (C=O) groups excluding carboxylic acids is 4. The van der Waals surface area contributed by atoms with Crippen molar-refractivity contribution < 1.29 is 23.9 Å². The number of ether oxygens (including phenoxy) is 1. The lowest BCUT2D eigenvalue weighted by molar-refractivity contribution is -0.140. The first-order valence-electron chi connectivity index (χ1n) is 8.65. The van der Waals surface area contributed by atoms with Gasteiger partial charge in [0, 0.05) is 31.5 Å². The summed E-state index contributed by atoms with van der Waals surface area (Å²) in [6.07, 6.45) is 0.489. The third-order valence-electron chi connectivity index (χ3n) is 4.09. The van der Waals surface area contributed by atoms with Crippen molar-refractivity contribution in [1.29, 1.82) is 0 Å². The van der Waals surface area contributed by atoms with Crippen LogP contribution in [0.3, 0.4) is 0 Å². The molecule has 140 valence electrons. The van der Waals surface area contributed by atoms with Gasteiger partial charge in [0.1, 0.15) is 0 Å². The van der Waals surface area contributed by atoms with E-state index in [1.54, 1.807) is 29.2 Å². The maximum Gasteiger partial charge on any atom is 0.307 e. The van der Waals surface area contributed by atoms with Gasteiger partial charge < -0.3 is 9.64 Å². The second-order valence-electron chi connectivity index (χ2n) is 6.64. The Balaban J connectivity index is 2.22. The molecule has 0 atom stereocenters. The first-order chi connectivity index (χ1) is 12.3. The number of amides is 3. The van der Waals surface area contributed by atoms with Gasteiger partial charge >= 0.3 is 5.97 Å². The van der Waals surface area contributed by atoms with E-state index in [2.05, 4.69) is 4.74 Å². The van der Waals surface area contributed by atoms with Crippen LogP contribution < -0.4 is 4.90 Å². The highest BCUT2D eigenvalue weighted by atomic mass is 16.5. The van der Waals surface area contributed by atoms with Gasteiger partial charge in [-0.15, -0.1) is 0 Å². The molecule has 0 spiro atoms. The average molecular weight is 360 g/mol. The summed E-state index contributed by atoms with van der Waals surface area (Å²) < 4.78 is 4.64. The van der Waals surface area contributed by atoms with Crippen molar-refractivity contribution in [2.75, 3.05) is 25.1 Å². The Kier molecular flexibility index (Phi) is 6.49.